The molecule has 7 heteroatoms. The molecule has 5 nitrogen and oxygen atoms in total. The molecular formula is C24H21FN2O3S. The molecule has 4 rings (SSSR count). The molecule has 0 saturated carbocycles. The van der Waals surface area contributed by atoms with Crippen LogP contribution in [0, 0.1) is 12.7 Å². The highest BCUT2D eigenvalue weighted by Crippen LogP contribution is 2.43. The summed E-state index contributed by atoms with van der Waals surface area (Å²) in [5, 5.41) is 2.61. The van der Waals surface area contributed by atoms with E-state index in [1.165, 1.54) is 17.8 Å². The maximum absolute atomic E-state index is 14.1. The van der Waals surface area contributed by atoms with Crippen LogP contribution in [0.5, 0.6) is 5.75 Å². The molecule has 1 heterocycles. The Morgan fingerprint density at radius 3 is 2.48 bits per heavy atom. The lowest BCUT2D eigenvalue weighted by Gasteiger charge is -2.26. The lowest BCUT2D eigenvalue weighted by Crippen LogP contribution is -2.28. The first-order valence-corrected chi connectivity index (χ1v) is 10.8. The van der Waals surface area contributed by atoms with Gasteiger partial charge in [0.1, 0.15) is 16.9 Å². The van der Waals surface area contributed by atoms with E-state index in [1.807, 2.05) is 12.1 Å². The molecule has 0 spiro atoms. The molecule has 3 aromatic rings. The third-order valence-electron chi connectivity index (χ3n) is 5.17. The second kappa shape index (κ2) is 8.81. The molecule has 1 atom stereocenters. The molecular weight excluding hydrogens is 415 g/mol. The van der Waals surface area contributed by atoms with Crippen LogP contribution in [0.4, 0.5) is 15.8 Å². The summed E-state index contributed by atoms with van der Waals surface area (Å²) >= 11 is 1.50. The van der Waals surface area contributed by atoms with Crippen molar-refractivity contribution in [2.24, 2.45) is 0 Å². The Kier molecular flexibility index (Phi) is 5.95. The SMILES string of the molecule is COc1ccc(C(=O)Nc2ccc(C3SCC(=O)N3c3cccc(F)c3C)cc2)cc1. The molecule has 1 aliphatic rings. The van der Waals surface area contributed by atoms with Crippen LogP contribution in [0.15, 0.2) is 66.7 Å². The van der Waals surface area contributed by atoms with Gasteiger partial charge in [-0.25, -0.2) is 4.39 Å². The summed E-state index contributed by atoms with van der Waals surface area (Å²) in [5.74, 6) is 0.398. The zero-order chi connectivity index (χ0) is 22.0. The summed E-state index contributed by atoms with van der Waals surface area (Å²) in [4.78, 5) is 26.7. The van der Waals surface area contributed by atoms with E-state index in [2.05, 4.69) is 5.32 Å². The largest absolute Gasteiger partial charge is 0.497 e. The topological polar surface area (TPSA) is 58.6 Å². The highest BCUT2D eigenvalue weighted by molar-refractivity contribution is 8.00. The average molecular weight is 437 g/mol. The van der Waals surface area contributed by atoms with Gasteiger partial charge in [-0.1, -0.05) is 18.2 Å². The second-order valence-corrected chi connectivity index (χ2v) is 8.18. The highest BCUT2D eigenvalue weighted by Gasteiger charge is 2.35. The summed E-state index contributed by atoms with van der Waals surface area (Å²) in [6, 6.07) is 19.0. The van der Waals surface area contributed by atoms with Gasteiger partial charge < -0.3 is 10.1 Å². The van der Waals surface area contributed by atoms with Gasteiger partial charge in [0, 0.05) is 16.8 Å². The standard InChI is InChI=1S/C24H21FN2O3S/c1-15-20(25)4-3-5-21(15)27-22(28)14-31-24(27)17-6-10-18(11-7-17)26-23(29)16-8-12-19(30-2)13-9-16/h3-13,24H,14H2,1-2H3,(H,26,29). The molecule has 1 N–H and O–H groups in total. The van der Waals surface area contributed by atoms with Crippen LogP contribution in [0.2, 0.25) is 0 Å². The van der Waals surface area contributed by atoms with Gasteiger partial charge in [-0.3, -0.25) is 14.5 Å². The lowest BCUT2D eigenvalue weighted by atomic mass is 10.1. The number of thioether (sulfide) groups is 1. The summed E-state index contributed by atoms with van der Waals surface area (Å²) in [5.41, 5.74) is 3.10. The molecule has 3 aromatic carbocycles. The van der Waals surface area contributed by atoms with Crippen LogP contribution in [0.1, 0.15) is 26.9 Å². The molecule has 1 saturated heterocycles. The van der Waals surface area contributed by atoms with E-state index in [-0.39, 0.29) is 23.0 Å². The number of methoxy groups -OCH3 is 1. The number of carbonyl (C=O) groups excluding carboxylic acids is 2. The zero-order valence-corrected chi connectivity index (χ0v) is 17.9. The first-order chi connectivity index (χ1) is 15.0. The van der Waals surface area contributed by atoms with Crippen LogP contribution >= 0.6 is 11.8 Å². The number of benzene rings is 3. The van der Waals surface area contributed by atoms with Gasteiger partial charge in [0.15, 0.2) is 0 Å². The van der Waals surface area contributed by atoms with Gasteiger partial charge >= 0.3 is 0 Å². The fraction of sp³-hybridized carbons (Fsp3) is 0.167. The number of halogens is 1. The number of rotatable bonds is 5. The molecule has 0 aromatic heterocycles. The van der Waals surface area contributed by atoms with Crippen molar-refractivity contribution in [1.82, 2.24) is 0 Å². The Labute approximate surface area is 184 Å². The van der Waals surface area contributed by atoms with Gasteiger partial charge in [-0.15, -0.1) is 11.8 Å². The van der Waals surface area contributed by atoms with E-state index in [0.29, 0.717) is 34.0 Å². The maximum Gasteiger partial charge on any atom is 0.255 e. The van der Waals surface area contributed by atoms with Crippen molar-refractivity contribution in [3.8, 4) is 5.75 Å². The van der Waals surface area contributed by atoms with Crippen LogP contribution in [0.3, 0.4) is 0 Å². The third kappa shape index (κ3) is 4.27. The second-order valence-electron chi connectivity index (χ2n) is 7.12. The molecule has 1 unspecified atom stereocenters. The Balaban J connectivity index is 1.52. The molecule has 1 aliphatic heterocycles. The van der Waals surface area contributed by atoms with Crippen LogP contribution in [-0.4, -0.2) is 24.7 Å². The van der Waals surface area contributed by atoms with E-state index in [1.54, 1.807) is 67.5 Å². The maximum atomic E-state index is 14.1. The number of hydrogen-bond donors (Lipinski definition) is 1. The fourth-order valence-electron chi connectivity index (χ4n) is 3.46. The van der Waals surface area contributed by atoms with Crippen molar-refractivity contribution in [3.05, 3.63) is 89.2 Å². The van der Waals surface area contributed by atoms with E-state index in [4.69, 9.17) is 4.74 Å². The van der Waals surface area contributed by atoms with Gasteiger partial charge in [0.2, 0.25) is 5.91 Å². The van der Waals surface area contributed by atoms with Crippen molar-refractivity contribution in [1.29, 1.82) is 0 Å². The third-order valence-corrected chi connectivity index (χ3v) is 6.38. The lowest BCUT2D eigenvalue weighted by molar-refractivity contribution is -0.115. The first kappa shape index (κ1) is 20.9. The molecule has 1 fully saturated rings. The number of anilines is 2. The molecule has 0 aliphatic carbocycles. The summed E-state index contributed by atoms with van der Waals surface area (Å²) in [7, 11) is 1.57. The molecule has 0 radical (unpaired) electrons. The minimum absolute atomic E-state index is 0.0550. The summed E-state index contributed by atoms with van der Waals surface area (Å²) in [6.07, 6.45) is 0. The fourth-order valence-corrected chi connectivity index (χ4v) is 4.63. The van der Waals surface area contributed by atoms with Crippen LogP contribution in [0.25, 0.3) is 0 Å². The minimum atomic E-state index is -0.336. The number of ether oxygens (including phenoxy) is 1. The average Bonchev–Trinajstić information content (AvgIpc) is 3.17. The van der Waals surface area contributed by atoms with E-state index >= 15 is 0 Å². The first-order valence-electron chi connectivity index (χ1n) is 9.72. The monoisotopic (exact) mass is 436 g/mol. The normalized spacial score (nSPS) is 15.8. The number of hydrogen-bond acceptors (Lipinski definition) is 4. The van der Waals surface area contributed by atoms with Crippen LogP contribution < -0.4 is 15.0 Å². The van der Waals surface area contributed by atoms with Gasteiger partial charge in [-0.05, 0) is 61.0 Å². The highest BCUT2D eigenvalue weighted by atomic mass is 32.2. The van der Waals surface area contributed by atoms with Crippen molar-refractivity contribution >= 4 is 35.0 Å². The van der Waals surface area contributed by atoms with E-state index in [0.717, 1.165) is 5.56 Å². The predicted octanol–water partition coefficient (Wildman–Crippen LogP) is 5.17. The number of amides is 2. The molecule has 31 heavy (non-hydrogen) atoms. The smallest absolute Gasteiger partial charge is 0.255 e. The Bertz CT molecular complexity index is 1120. The van der Waals surface area contributed by atoms with Gasteiger partial charge in [0.25, 0.3) is 5.91 Å². The Morgan fingerprint density at radius 2 is 1.81 bits per heavy atom. The van der Waals surface area contributed by atoms with Gasteiger partial charge in [0.05, 0.1) is 18.6 Å². The quantitative estimate of drug-likeness (QED) is 0.599. The van der Waals surface area contributed by atoms with E-state index in [9.17, 15) is 14.0 Å². The van der Waals surface area contributed by atoms with Crippen molar-refractivity contribution in [2.45, 2.75) is 12.3 Å². The number of carbonyl (C=O) groups is 2. The Morgan fingerprint density at radius 1 is 1.10 bits per heavy atom. The van der Waals surface area contributed by atoms with Crippen molar-refractivity contribution in [3.63, 3.8) is 0 Å². The summed E-state index contributed by atoms with van der Waals surface area (Å²) < 4.78 is 19.2. The molecule has 2 amide bonds. The summed E-state index contributed by atoms with van der Waals surface area (Å²) in [6.45, 7) is 1.68. The van der Waals surface area contributed by atoms with E-state index < -0.39 is 0 Å². The zero-order valence-electron chi connectivity index (χ0n) is 17.1. The van der Waals surface area contributed by atoms with Crippen LogP contribution in [-0.2, 0) is 4.79 Å². The molecule has 158 valence electrons. The Hall–Kier alpha value is -3.32. The predicted molar refractivity (Wildman–Crippen MR) is 121 cm³/mol. The van der Waals surface area contributed by atoms with Gasteiger partial charge in [-0.2, -0.15) is 0 Å². The minimum Gasteiger partial charge on any atom is -0.497 e. The number of nitrogens with zero attached hydrogens (tertiary/aromatic N) is 1. The van der Waals surface area contributed by atoms with Crippen molar-refractivity contribution < 1.29 is 18.7 Å². The molecule has 0 bridgehead atoms. The number of nitrogens with one attached hydrogen (secondary N) is 1. The van der Waals surface area contributed by atoms with Crippen molar-refractivity contribution in [2.75, 3.05) is 23.1 Å².